The first-order chi connectivity index (χ1) is 9.58. The summed E-state index contributed by atoms with van der Waals surface area (Å²) in [7, 11) is 1.74. The Kier molecular flexibility index (Phi) is 4.60. The fraction of sp³-hybridized carbons (Fsp3) is 0.429. The average Bonchev–Trinajstić information content (AvgIpc) is 2.78. The molecule has 2 aromatic rings. The van der Waals surface area contributed by atoms with E-state index in [0.717, 1.165) is 0 Å². The number of likely N-dealkylation sites (N-methyl/N-ethyl adjacent to an activating group) is 1. The second-order valence-corrected chi connectivity index (χ2v) is 4.95. The van der Waals surface area contributed by atoms with Gasteiger partial charge in [0.25, 0.3) is 0 Å². The van der Waals surface area contributed by atoms with Crippen molar-refractivity contribution in [3.05, 3.63) is 29.8 Å². The van der Waals surface area contributed by atoms with Gasteiger partial charge < -0.3 is 9.47 Å². The van der Waals surface area contributed by atoms with Crippen LogP contribution in [0.15, 0.2) is 18.2 Å². The number of para-hydroxylation sites is 1. The van der Waals surface area contributed by atoms with Crippen molar-refractivity contribution >= 4 is 28.5 Å². The summed E-state index contributed by atoms with van der Waals surface area (Å²) in [5, 5.41) is 0. The quantitative estimate of drug-likeness (QED) is 0.795. The molecule has 0 saturated carbocycles. The van der Waals surface area contributed by atoms with Crippen molar-refractivity contribution in [2.24, 2.45) is 0 Å². The number of carbonyl (C=O) groups is 1. The van der Waals surface area contributed by atoms with Crippen molar-refractivity contribution in [1.82, 2.24) is 14.5 Å². The maximum absolute atomic E-state index is 13.8. The third kappa shape index (κ3) is 2.77. The van der Waals surface area contributed by atoms with Gasteiger partial charge in [-0.05, 0) is 19.1 Å². The number of benzene rings is 1. The van der Waals surface area contributed by atoms with E-state index in [9.17, 15) is 9.18 Å². The number of imidazole rings is 1. The Balaban J connectivity index is 2.46. The third-order valence-corrected chi connectivity index (χ3v) is 3.51. The van der Waals surface area contributed by atoms with Gasteiger partial charge in [0, 0.05) is 25.9 Å². The van der Waals surface area contributed by atoms with Crippen LogP contribution in [0.3, 0.4) is 0 Å². The Morgan fingerprint density at radius 3 is 2.90 bits per heavy atom. The molecule has 0 unspecified atom stereocenters. The first-order valence-electron chi connectivity index (χ1n) is 6.52. The number of fused-ring (bicyclic) bond motifs is 1. The van der Waals surface area contributed by atoms with Crippen LogP contribution in [0, 0.1) is 5.82 Å². The molecule has 0 aliphatic heterocycles. The highest BCUT2D eigenvalue weighted by molar-refractivity contribution is 6.17. The van der Waals surface area contributed by atoms with Gasteiger partial charge in [-0.1, -0.05) is 6.07 Å². The maximum Gasteiger partial charge on any atom is 0.242 e. The Hall–Kier alpha value is -1.62. The van der Waals surface area contributed by atoms with Crippen LogP contribution in [0.5, 0.6) is 0 Å². The number of amides is 1. The summed E-state index contributed by atoms with van der Waals surface area (Å²) in [6.45, 7) is 2.68. The van der Waals surface area contributed by atoms with E-state index < -0.39 is 0 Å². The summed E-state index contributed by atoms with van der Waals surface area (Å²) in [6.07, 6.45) is 0.499. The summed E-state index contributed by atoms with van der Waals surface area (Å²) in [6, 6.07) is 4.75. The fourth-order valence-corrected chi connectivity index (χ4v) is 2.21. The molecular formula is C14H17ClFN3O. The molecule has 0 aliphatic rings. The summed E-state index contributed by atoms with van der Waals surface area (Å²) in [5.74, 6) is 0.598. The smallest absolute Gasteiger partial charge is 0.242 e. The Morgan fingerprint density at radius 1 is 1.50 bits per heavy atom. The molecule has 20 heavy (non-hydrogen) atoms. The minimum absolute atomic E-state index is 0.0353. The van der Waals surface area contributed by atoms with E-state index >= 15 is 0 Å². The lowest BCUT2D eigenvalue weighted by Crippen LogP contribution is -2.30. The number of aryl methyl sites for hydroxylation is 1. The number of carbonyl (C=O) groups excluding carboxylic acids is 1. The predicted molar refractivity (Wildman–Crippen MR) is 77.4 cm³/mol. The molecule has 1 aromatic carbocycles. The largest absolute Gasteiger partial charge is 0.344 e. The lowest BCUT2D eigenvalue weighted by Gasteiger charge is -2.16. The molecule has 0 aliphatic carbocycles. The highest BCUT2D eigenvalue weighted by Crippen LogP contribution is 2.20. The summed E-state index contributed by atoms with van der Waals surface area (Å²) < 4.78 is 15.5. The lowest BCUT2D eigenvalue weighted by atomic mass is 10.3. The number of halogens is 2. The summed E-state index contributed by atoms with van der Waals surface area (Å²) >= 11 is 5.76. The van der Waals surface area contributed by atoms with E-state index in [1.54, 1.807) is 28.6 Å². The van der Waals surface area contributed by atoms with Crippen LogP contribution in [0.4, 0.5) is 4.39 Å². The van der Waals surface area contributed by atoms with Crippen molar-refractivity contribution < 1.29 is 9.18 Å². The average molecular weight is 298 g/mol. The monoisotopic (exact) mass is 297 g/mol. The zero-order chi connectivity index (χ0) is 14.7. The van der Waals surface area contributed by atoms with Gasteiger partial charge in [-0.2, -0.15) is 0 Å². The molecule has 0 fully saturated rings. The van der Waals surface area contributed by atoms with Crippen molar-refractivity contribution in [3.8, 4) is 0 Å². The van der Waals surface area contributed by atoms with Crippen molar-refractivity contribution in [2.45, 2.75) is 19.9 Å². The minimum atomic E-state index is -0.381. The number of hydrogen-bond acceptors (Lipinski definition) is 2. The Morgan fingerprint density at radius 2 is 2.25 bits per heavy atom. The van der Waals surface area contributed by atoms with E-state index in [4.69, 9.17) is 11.6 Å². The number of aromatic nitrogens is 2. The minimum Gasteiger partial charge on any atom is -0.344 e. The molecule has 6 heteroatoms. The molecule has 0 atom stereocenters. The van der Waals surface area contributed by atoms with Crippen LogP contribution >= 0.6 is 11.6 Å². The summed E-state index contributed by atoms with van der Waals surface area (Å²) in [4.78, 5) is 18.0. The highest BCUT2D eigenvalue weighted by Gasteiger charge is 2.16. The van der Waals surface area contributed by atoms with Gasteiger partial charge in [-0.15, -0.1) is 11.6 Å². The van der Waals surface area contributed by atoms with E-state index in [0.29, 0.717) is 35.7 Å². The molecule has 108 valence electrons. The van der Waals surface area contributed by atoms with E-state index in [1.807, 2.05) is 6.92 Å². The zero-order valence-corrected chi connectivity index (χ0v) is 12.3. The SMILES string of the molecule is CCN(C)C(=O)Cn1c(CCCl)nc2c(F)cccc21. The van der Waals surface area contributed by atoms with Gasteiger partial charge in [0.1, 0.15) is 17.9 Å². The molecule has 1 amide bonds. The highest BCUT2D eigenvalue weighted by atomic mass is 35.5. The second-order valence-electron chi connectivity index (χ2n) is 4.57. The molecule has 0 saturated heterocycles. The topological polar surface area (TPSA) is 38.1 Å². The predicted octanol–water partition coefficient (Wildman–Crippen LogP) is 2.44. The van der Waals surface area contributed by atoms with Crippen LogP contribution in [0.1, 0.15) is 12.7 Å². The molecular weight excluding hydrogens is 281 g/mol. The van der Waals surface area contributed by atoms with Crippen LogP contribution in [0.25, 0.3) is 11.0 Å². The van der Waals surface area contributed by atoms with Crippen molar-refractivity contribution in [2.75, 3.05) is 19.5 Å². The molecule has 0 bridgehead atoms. The van der Waals surface area contributed by atoms with Gasteiger partial charge >= 0.3 is 0 Å². The zero-order valence-electron chi connectivity index (χ0n) is 11.6. The standard InChI is InChI=1S/C14H17ClFN3O/c1-3-18(2)13(20)9-19-11-6-4-5-10(16)14(11)17-12(19)7-8-15/h4-6H,3,7-9H2,1-2H3. The normalized spacial score (nSPS) is 11.0. The first kappa shape index (κ1) is 14.8. The maximum atomic E-state index is 13.8. The first-order valence-corrected chi connectivity index (χ1v) is 7.05. The third-order valence-electron chi connectivity index (χ3n) is 3.32. The fourth-order valence-electron chi connectivity index (χ4n) is 2.05. The number of alkyl halides is 1. The molecule has 1 aromatic heterocycles. The molecule has 2 rings (SSSR count). The van der Waals surface area contributed by atoms with E-state index in [1.165, 1.54) is 6.07 Å². The van der Waals surface area contributed by atoms with Crippen molar-refractivity contribution in [3.63, 3.8) is 0 Å². The summed E-state index contributed by atoms with van der Waals surface area (Å²) in [5.41, 5.74) is 0.919. The van der Waals surface area contributed by atoms with Crippen LogP contribution in [-0.2, 0) is 17.8 Å². The van der Waals surface area contributed by atoms with Gasteiger partial charge in [-0.3, -0.25) is 4.79 Å². The Bertz CT molecular complexity index is 626. The van der Waals surface area contributed by atoms with Crippen LogP contribution in [0.2, 0.25) is 0 Å². The van der Waals surface area contributed by atoms with E-state index in [2.05, 4.69) is 4.98 Å². The molecule has 4 nitrogen and oxygen atoms in total. The molecule has 0 radical (unpaired) electrons. The molecule has 0 spiro atoms. The van der Waals surface area contributed by atoms with Gasteiger partial charge in [0.15, 0.2) is 5.82 Å². The number of rotatable bonds is 5. The lowest BCUT2D eigenvalue weighted by molar-refractivity contribution is -0.130. The van der Waals surface area contributed by atoms with Crippen molar-refractivity contribution in [1.29, 1.82) is 0 Å². The van der Waals surface area contributed by atoms with Crippen LogP contribution < -0.4 is 0 Å². The van der Waals surface area contributed by atoms with Gasteiger partial charge in [0.05, 0.1) is 5.52 Å². The van der Waals surface area contributed by atoms with Gasteiger partial charge in [0.2, 0.25) is 5.91 Å². The van der Waals surface area contributed by atoms with Crippen LogP contribution in [-0.4, -0.2) is 39.8 Å². The van der Waals surface area contributed by atoms with Gasteiger partial charge in [-0.25, -0.2) is 9.37 Å². The number of hydrogen-bond donors (Lipinski definition) is 0. The second kappa shape index (κ2) is 6.22. The Labute approximate surface area is 122 Å². The van der Waals surface area contributed by atoms with E-state index in [-0.39, 0.29) is 18.3 Å². The molecule has 0 N–H and O–H groups in total. The molecule has 1 heterocycles. The number of nitrogens with zero attached hydrogens (tertiary/aromatic N) is 3.